The molecule has 2 aliphatic rings. The molecule has 5 heteroatoms. The Labute approximate surface area is 126 Å². The van der Waals surface area contributed by atoms with E-state index in [9.17, 15) is 4.79 Å². The average Bonchev–Trinajstić information content (AvgIpc) is 3.09. The molecule has 5 nitrogen and oxygen atoms in total. The Morgan fingerprint density at radius 1 is 1.48 bits per heavy atom. The molecule has 3 atom stereocenters. The molecular weight excluding hydrogens is 264 g/mol. The van der Waals surface area contributed by atoms with Crippen LogP contribution in [-0.4, -0.2) is 46.7 Å². The molecule has 0 aromatic carbocycles. The van der Waals surface area contributed by atoms with Gasteiger partial charge in [-0.3, -0.25) is 9.89 Å². The van der Waals surface area contributed by atoms with E-state index in [-0.39, 0.29) is 6.04 Å². The minimum absolute atomic E-state index is 0.0317. The van der Waals surface area contributed by atoms with Gasteiger partial charge in [-0.2, -0.15) is 5.10 Å². The Morgan fingerprint density at radius 3 is 3.14 bits per heavy atom. The second kappa shape index (κ2) is 6.60. The van der Waals surface area contributed by atoms with Crippen LogP contribution in [0.25, 0.3) is 0 Å². The van der Waals surface area contributed by atoms with E-state index in [1.807, 2.05) is 6.07 Å². The molecule has 2 fully saturated rings. The zero-order valence-electron chi connectivity index (χ0n) is 12.8. The number of piperidine rings is 2. The van der Waals surface area contributed by atoms with Crippen molar-refractivity contribution in [2.45, 2.75) is 51.0 Å². The van der Waals surface area contributed by atoms with E-state index in [0.29, 0.717) is 17.7 Å². The van der Waals surface area contributed by atoms with Crippen molar-refractivity contribution in [3.05, 3.63) is 18.0 Å². The van der Waals surface area contributed by atoms with Crippen molar-refractivity contribution >= 4 is 5.91 Å². The molecule has 3 heterocycles. The fourth-order valence-electron chi connectivity index (χ4n) is 3.70. The standard InChI is InChI=1S/C16H26N4O/c1-2-12-5-7-17-15(10-12)16(21)20-9-3-4-13(11-20)14-6-8-18-19-14/h6,8,12-13,15,17H,2-5,7,9-11H2,1H3,(H,18,19). The Morgan fingerprint density at radius 2 is 2.38 bits per heavy atom. The lowest BCUT2D eigenvalue weighted by Crippen LogP contribution is -2.52. The van der Waals surface area contributed by atoms with Gasteiger partial charge < -0.3 is 10.2 Å². The summed E-state index contributed by atoms with van der Waals surface area (Å²) in [6, 6.07) is 2.06. The summed E-state index contributed by atoms with van der Waals surface area (Å²) < 4.78 is 0. The van der Waals surface area contributed by atoms with Gasteiger partial charge >= 0.3 is 0 Å². The number of carbonyl (C=O) groups is 1. The van der Waals surface area contributed by atoms with Crippen LogP contribution in [0, 0.1) is 5.92 Å². The van der Waals surface area contributed by atoms with Crippen LogP contribution >= 0.6 is 0 Å². The van der Waals surface area contributed by atoms with Crippen molar-refractivity contribution in [2.24, 2.45) is 5.92 Å². The fraction of sp³-hybridized carbons (Fsp3) is 0.750. The van der Waals surface area contributed by atoms with Gasteiger partial charge in [-0.25, -0.2) is 0 Å². The number of likely N-dealkylation sites (tertiary alicyclic amines) is 1. The Kier molecular flexibility index (Phi) is 4.58. The van der Waals surface area contributed by atoms with E-state index in [2.05, 4.69) is 27.3 Å². The number of carbonyl (C=O) groups excluding carboxylic acids is 1. The van der Waals surface area contributed by atoms with Crippen LogP contribution in [0.4, 0.5) is 0 Å². The van der Waals surface area contributed by atoms with Crippen LogP contribution in [0.15, 0.2) is 12.3 Å². The molecule has 3 rings (SSSR count). The number of H-pyrrole nitrogens is 1. The molecule has 116 valence electrons. The summed E-state index contributed by atoms with van der Waals surface area (Å²) in [5.41, 5.74) is 1.16. The number of amides is 1. The molecule has 1 aromatic rings. The van der Waals surface area contributed by atoms with Crippen LogP contribution in [-0.2, 0) is 4.79 Å². The third-order valence-electron chi connectivity index (χ3n) is 5.08. The highest BCUT2D eigenvalue weighted by molar-refractivity contribution is 5.82. The number of nitrogens with zero attached hydrogens (tertiary/aromatic N) is 2. The minimum atomic E-state index is 0.0317. The summed E-state index contributed by atoms with van der Waals surface area (Å²) in [7, 11) is 0. The summed E-state index contributed by atoms with van der Waals surface area (Å²) in [4.78, 5) is 14.8. The van der Waals surface area contributed by atoms with Crippen molar-refractivity contribution < 1.29 is 4.79 Å². The first-order chi connectivity index (χ1) is 10.3. The highest BCUT2D eigenvalue weighted by Gasteiger charge is 2.32. The predicted molar refractivity (Wildman–Crippen MR) is 81.9 cm³/mol. The SMILES string of the molecule is CCC1CCNC(C(=O)N2CCCC(c3ccn[nH]3)C2)C1. The largest absolute Gasteiger partial charge is 0.341 e. The van der Waals surface area contributed by atoms with Crippen molar-refractivity contribution in [2.75, 3.05) is 19.6 Å². The van der Waals surface area contributed by atoms with Crippen molar-refractivity contribution in [3.8, 4) is 0 Å². The number of aromatic nitrogens is 2. The Hall–Kier alpha value is -1.36. The van der Waals surface area contributed by atoms with Gasteiger partial charge in [0.15, 0.2) is 0 Å². The maximum atomic E-state index is 12.8. The topological polar surface area (TPSA) is 61.0 Å². The van der Waals surface area contributed by atoms with Crippen LogP contribution in [0.1, 0.15) is 50.6 Å². The van der Waals surface area contributed by atoms with Crippen LogP contribution < -0.4 is 5.32 Å². The van der Waals surface area contributed by atoms with Crippen LogP contribution in [0.5, 0.6) is 0 Å². The lowest BCUT2D eigenvalue weighted by molar-refractivity contribution is -0.135. The summed E-state index contributed by atoms with van der Waals surface area (Å²) in [5.74, 6) is 1.42. The molecule has 2 N–H and O–H groups in total. The lowest BCUT2D eigenvalue weighted by atomic mass is 9.88. The first-order valence-corrected chi connectivity index (χ1v) is 8.29. The third kappa shape index (κ3) is 3.28. The molecule has 0 radical (unpaired) electrons. The molecule has 21 heavy (non-hydrogen) atoms. The lowest BCUT2D eigenvalue weighted by Gasteiger charge is -2.37. The Bertz CT molecular complexity index is 459. The average molecular weight is 290 g/mol. The van der Waals surface area contributed by atoms with Gasteiger partial charge in [0.05, 0.1) is 6.04 Å². The van der Waals surface area contributed by atoms with E-state index in [0.717, 1.165) is 44.6 Å². The van der Waals surface area contributed by atoms with Gasteiger partial charge in [-0.15, -0.1) is 0 Å². The fourth-order valence-corrected chi connectivity index (χ4v) is 3.70. The molecule has 3 unspecified atom stereocenters. The number of aromatic amines is 1. The molecule has 1 amide bonds. The third-order valence-corrected chi connectivity index (χ3v) is 5.08. The summed E-state index contributed by atoms with van der Waals surface area (Å²) in [5, 5.41) is 10.5. The maximum Gasteiger partial charge on any atom is 0.239 e. The van der Waals surface area contributed by atoms with Gasteiger partial charge in [0.2, 0.25) is 5.91 Å². The molecule has 0 spiro atoms. The second-order valence-electron chi connectivity index (χ2n) is 6.44. The monoisotopic (exact) mass is 290 g/mol. The Balaban J connectivity index is 1.61. The number of hydrogen-bond donors (Lipinski definition) is 2. The molecule has 0 bridgehead atoms. The minimum Gasteiger partial charge on any atom is -0.341 e. The number of hydrogen-bond acceptors (Lipinski definition) is 3. The van der Waals surface area contributed by atoms with E-state index < -0.39 is 0 Å². The quantitative estimate of drug-likeness (QED) is 0.893. The maximum absolute atomic E-state index is 12.8. The van der Waals surface area contributed by atoms with Crippen molar-refractivity contribution in [1.29, 1.82) is 0 Å². The number of nitrogens with one attached hydrogen (secondary N) is 2. The van der Waals surface area contributed by atoms with Gasteiger partial charge in [0.1, 0.15) is 0 Å². The molecule has 2 saturated heterocycles. The van der Waals surface area contributed by atoms with Gasteiger partial charge in [0, 0.05) is 30.9 Å². The van der Waals surface area contributed by atoms with Crippen molar-refractivity contribution in [3.63, 3.8) is 0 Å². The molecular formula is C16H26N4O. The summed E-state index contributed by atoms with van der Waals surface area (Å²) >= 11 is 0. The smallest absolute Gasteiger partial charge is 0.239 e. The van der Waals surface area contributed by atoms with E-state index >= 15 is 0 Å². The second-order valence-corrected chi connectivity index (χ2v) is 6.44. The summed E-state index contributed by atoms with van der Waals surface area (Å²) in [6.07, 6.45) is 7.41. The first-order valence-electron chi connectivity index (χ1n) is 8.29. The van der Waals surface area contributed by atoms with E-state index in [4.69, 9.17) is 0 Å². The first kappa shape index (κ1) is 14.6. The zero-order valence-corrected chi connectivity index (χ0v) is 12.8. The normalized spacial score (nSPS) is 30.3. The highest BCUT2D eigenvalue weighted by Crippen LogP contribution is 2.27. The van der Waals surface area contributed by atoms with Gasteiger partial charge in [-0.05, 0) is 44.2 Å². The zero-order chi connectivity index (χ0) is 14.7. The van der Waals surface area contributed by atoms with Gasteiger partial charge in [0.25, 0.3) is 0 Å². The van der Waals surface area contributed by atoms with E-state index in [1.165, 1.54) is 12.8 Å². The highest BCUT2D eigenvalue weighted by atomic mass is 16.2. The molecule has 2 aliphatic heterocycles. The number of rotatable bonds is 3. The predicted octanol–water partition coefficient (Wildman–Crippen LogP) is 1.89. The van der Waals surface area contributed by atoms with Gasteiger partial charge in [-0.1, -0.05) is 13.3 Å². The summed E-state index contributed by atoms with van der Waals surface area (Å²) in [6.45, 7) is 4.94. The van der Waals surface area contributed by atoms with Crippen LogP contribution in [0.2, 0.25) is 0 Å². The van der Waals surface area contributed by atoms with Crippen molar-refractivity contribution in [1.82, 2.24) is 20.4 Å². The van der Waals surface area contributed by atoms with Crippen LogP contribution in [0.3, 0.4) is 0 Å². The molecule has 0 aliphatic carbocycles. The van der Waals surface area contributed by atoms with E-state index in [1.54, 1.807) is 6.20 Å². The molecule has 1 aromatic heterocycles. The molecule has 0 saturated carbocycles.